The number of rotatable bonds is 8. The monoisotopic (exact) mass is 417 g/mol. The number of carbonyl (C=O) groups is 1. The lowest BCUT2D eigenvalue weighted by molar-refractivity contribution is -0.120. The summed E-state index contributed by atoms with van der Waals surface area (Å²) in [5, 5.41) is 4.27. The van der Waals surface area contributed by atoms with Crippen molar-refractivity contribution >= 4 is 16.8 Å². The average molecular weight is 418 g/mol. The Hall–Kier alpha value is -2.59. The fourth-order valence-electron chi connectivity index (χ4n) is 4.88. The number of hydrogen-bond donors (Lipinski definition) is 2. The molecule has 4 nitrogen and oxygen atoms in total. The van der Waals surface area contributed by atoms with Crippen LogP contribution in [0.2, 0.25) is 0 Å². The number of amides is 1. The van der Waals surface area contributed by atoms with E-state index in [-0.39, 0.29) is 5.91 Å². The lowest BCUT2D eigenvalue weighted by Gasteiger charge is -2.33. The Morgan fingerprint density at radius 2 is 1.81 bits per heavy atom. The number of nitrogens with one attached hydrogen (secondary N) is 2. The van der Waals surface area contributed by atoms with Crippen LogP contribution in [0.15, 0.2) is 48.7 Å². The fourth-order valence-corrected chi connectivity index (χ4v) is 4.88. The maximum atomic E-state index is 12.6. The molecule has 31 heavy (non-hydrogen) atoms. The van der Waals surface area contributed by atoms with Crippen molar-refractivity contribution in [1.82, 2.24) is 15.2 Å². The van der Waals surface area contributed by atoms with E-state index in [0.717, 1.165) is 36.1 Å². The molecule has 0 aliphatic heterocycles. The zero-order chi connectivity index (χ0) is 21.6. The molecule has 1 aliphatic carbocycles. The molecule has 164 valence electrons. The highest BCUT2D eigenvalue weighted by molar-refractivity contribution is 5.91. The second-order valence-corrected chi connectivity index (χ2v) is 8.89. The third-order valence-electron chi connectivity index (χ3n) is 6.72. The van der Waals surface area contributed by atoms with Crippen LogP contribution >= 0.6 is 0 Å². The van der Waals surface area contributed by atoms with Crippen molar-refractivity contribution in [2.45, 2.75) is 58.4 Å². The van der Waals surface area contributed by atoms with Gasteiger partial charge in [-0.25, -0.2) is 0 Å². The van der Waals surface area contributed by atoms with Crippen molar-refractivity contribution in [1.29, 1.82) is 0 Å². The van der Waals surface area contributed by atoms with E-state index in [9.17, 15) is 4.79 Å². The first-order valence-electron chi connectivity index (χ1n) is 11.8. The average Bonchev–Trinajstić information content (AvgIpc) is 3.19. The number of carbonyl (C=O) groups excluding carboxylic acids is 1. The van der Waals surface area contributed by atoms with E-state index in [1.54, 1.807) is 0 Å². The van der Waals surface area contributed by atoms with Crippen LogP contribution in [0.1, 0.15) is 50.2 Å². The third-order valence-corrected chi connectivity index (χ3v) is 6.72. The van der Waals surface area contributed by atoms with Crippen molar-refractivity contribution in [3.8, 4) is 11.1 Å². The van der Waals surface area contributed by atoms with E-state index in [2.05, 4.69) is 71.5 Å². The lowest BCUT2D eigenvalue weighted by atomic mass is 9.94. The smallest absolute Gasteiger partial charge is 0.224 e. The van der Waals surface area contributed by atoms with Gasteiger partial charge in [0, 0.05) is 36.2 Å². The van der Waals surface area contributed by atoms with E-state index in [1.165, 1.54) is 48.8 Å². The molecule has 0 radical (unpaired) electrons. The number of aromatic nitrogens is 1. The molecule has 4 heteroatoms. The summed E-state index contributed by atoms with van der Waals surface area (Å²) in [7, 11) is 0. The minimum absolute atomic E-state index is 0.100. The predicted octanol–water partition coefficient (Wildman–Crippen LogP) is 5.46. The summed E-state index contributed by atoms with van der Waals surface area (Å²) >= 11 is 0. The van der Waals surface area contributed by atoms with Gasteiger partial charge >= 0.3 is 0 Å². The Balaban J connectivity index is 1.33. The number of likely N-dealkylation sites (N-methyl/N-ethyl adjacent to an activating group) is 1. The summed E-state index contributed by atoms with van der Waals surface area (Å²) in [4.78, 5) is 18.5. The van der Waals surface area contributed by atoms with Crippen LogP contribution in [0, 0.1) is 6.92 Å². The van der Waals surface area contributed by atoms with Gasteiger partial charge in [0.05, 0.1) is 6.42 Å². The van der Waals surface area contributed by atoms with Crippen LogP contribution in [0.5, 0.6) is 0 Å². The number of H-pyrrole nitrogens is 1. The molecule has 0 bridgehead atoms. The molecule has 1 amide bonds. The lowest BCUT2D eigenvalue weighted by Crippen LogP contribution is -2.42. The Morgan fingerprint density at radius 3 is 2.55 bits per heavy atom. The van der Waals surface area contributed by atoms with Gasteiger partial charge in [-0.2, -0.15) is 0 Å². The highest BCUT2D eigenvalue weighted by Gasteiger charge is 2.19. The molecule has 1 fully saturated rings. The number of aromatic amines is 1. The molecule has 4 rings (SSSR count). The number of fused-ring (bicyclic) bond motifs is 1. The Kier molecular flexibility index (Phi) is 7.08. The van der Waals surface area contributed by atoms with Crippen molar-refractivity contribution in [3.05, 3.63) is 59.8 Å². The number of hydrogen-bond acceptors (Lipinski definition) is 2. The minimum Gasteiger partial charge on any atom is -0.361 e. The van der Waals surface area contributed by atoms with E-state index < -0.39 is 0 Å². The van der Waals surface area contributed by atoms with Crippen molar-refractivity contribution < 1.29 is 4.79 Å². The summed E-state index contributed by atoms with van der Waals surface area (Å²) in [6.45, 7) is 7.06. The maximum absolute atomic E-state index is 12.6. The normalized spacial score (nSPS) is 14.9. The molecule has 0 atom stereocenters. The largest absolute Gasteiger partial charge is 0.361 e. The van der Waals surface area contributed by atoms with Gasteiger partial charge in [0.1, 0.15) is 0 Å². The molecule has 1 aliphatic rings. The molecule has 2 N–H and O–H groups in total. The molecule has 3 aromatic rings. The van der Waals surface area contributed by atoms with Gasteiger partial charge in [-0.1, -0.05) is 68.1 Å². The summed E-state index contributed by atoms with van der Waals surface area (Å²) < 4.78 is 0. The van der Waals surface area contributed by atoms with E-state index in [0.29, 0.717) is 12.5 Å². The molecule has 0 saturated heterocycles. The molecule has 1 heterocycles. The molecule has 0 unspecified atom stereocenters. The molecular formula is C27H35N3O. The van der Waals surface area contributed by atoms with Gasteiger partial charge in [-0.3, -0.25) is 9.69 Å². The van der Waals surface area contributed by atoms with Crippen LogP contribution in [-0.2, 0) is 11.2 Å². The summed E-state index contributed by atoms with van der Waals surface area (Å²) in [6.07, 6.45) is 9.08. The highest BCUT2D eigenvalue weighted by Crippen LogP contribution is 2.26. The van der Waals surface area contributed by atoms with E-state index >= 15 is 0 Å². The Morgan fingerprint density at radius 1 is 1.06 bits per heavy atom. The summed E-state index contributed by atoms with van der Waals surface area (Å²) in [6, 6.07) is 15.7. The SMILES string of the molecule is CCN(CCNC(=O)Cc1c[nH]c2cc(-c3ccc(C)cc3)ccc12)C1CCCCC1. The summed E-state index contributed by atoms with van der Waals surface area (Å²) in [5.74, 6) is 0.100. The number of aryl methyl sites for hydroxylation is 1. The molecule has 1 aromatic heterocycles. The molecule has 2 aromatic carbocycles. The van der Waals surface area contributed by atoms with Crippen LogP contribution in [-0.4, -0.2) is 41.5 Å². The standard InChI is InChI=1S/C27H35N3O/c1-3-30(24-7-5-4-6-8-24)16-15-28-27(31)18-23-19-29-26-17-22(13-14-25(23)26)21-11-9-20(2)10-12-21/h9-14,17,19,24,29H,3-8,15-16,18H2,1-2H3,(H,28,31). The van der Waals surface area contributed by atoms with Crippen LogP contribution in [0.25, 0.3) is 22.0 Å². The van der Waals surface area contributed by atoms with Gasteiger partial charge in [-0.05, 0) is 49.1 Å². The fraction of sp³-hybridized carbons (Fsp3) is 0.444. The molecular weight excluding hydrogens is 382 g/mol. The van der Waals surface area contributed by atoms with E-state index in [4.69, 9.17) is 0 Å². The predicted molar refractivity (Wildman–Crippen MR) is 129 cm³/mol. The Bertz CT molecular complexity index is 999. The number of benzene rings is 2. The zero-order valence-electron chi connectivity index (χ0n) is 18.9. The van der Waals surface area contributed by atoms with Crippen LogP contribution < -0.4 is 5.32 Å². The van der Waals surface area contributed by atoms with Gasteiger partial charge in [0.15, 0.2) is 0 Å². The second kappa shape index (κ2) is 10.1. The topological polar surface area (TPSA) is 48.1 Å². The van der Waals surface area contributed by atoms with Crippen molar-refractivity contribution in [2.75, 3.05) is 19.6 Å². The third kappa shape index (κ3) is 5.37. The summed E-state index contributed by atoms with van der Waals surface area (Å²) in [5.41, 5.74) is 5.80. The Labute approximate surface area is 186 Å². The minimum atomic E-state index is 0.100. The van der Waals surface area contributed by atoms with Crippen molar-refractivity contribution in [2.24, 2.45) is 0 Å². The highest BCUT2D eigenvalue weighted by atomic mass is 16.1. The van der Waals surface area contributed by atoms with Crippen LogP contribution in [0.4, 0.5) is 0 Å². The first-order chi connectivity index (χ1) is 15.1. The molecule has 0 spiro atoms. The second-order valence-electron chi connectivity index (χ2n) is 8.89. The first-order valence-corrected chi connectivity index (χ1v) is 11.8. The molecule has 1 saturated carbocycles. The van der Waals surface area contributed by atoms with Gasteiger partial charge in [-0.15, -0.1) is 0 Å². The van der Waals surface area contributed by atoms with Crippen LogP contribution in [0.3, 0.4) is 0 Å². The number of nitrogens with zero attached hydrogens (tertiary/aromatic N) is 1. The maximum Gasteiger partial charge on any atom is 0.224 e. The van der Waals surface area contributed by atoms with Gasteiger partial charge < -0.3 is 10.3 Å². The van der Waals surface area contributed by atoms with Gasteiger partial charge in [0.2, 0.25) is 5.91 Å². The van der Waals surface area contributed by atoms with Gasteiger partial charge in [0.25, 0.3) is 0 Å². The van der Waals surface area contributed by atoms with Crippen molar-refractivity contribution in [3.63, 3.8) is 0 Å². The zero-order valence-corrected chi connectivity index (χ0v) is 18.9. The first kappa shape index (κ1) is 21.6. The quantitative estimate of drug-likeness (QED) is 0.511. The van der Waals surface area contributed by atoms with E-state index in [1.807, 2.05) is 6.20 Å².